The first-order valence-electron chi connectivity index (χ1n) is 6.29. The van der Waals surface area contributed by atoms with Crippen molar-refractivity contribution in [3.05, 3.63) is 71.5 Å². The second kappa shape index (κ2) is 6.69. The molecule has 1 amide bonds. The number of aryl methyl sites for hydroxylation is 1. The molecule has 0 aromatic heterocycles. The highest BCUT2D eigenvalue weighted by Crippen LogP contribution is 2.06. The molecular weight excluding hydrogens is 241 g/mol. The Morgan fingerprint density at radius 2 is 1.74 bits per heavy atom. The van der Waals surface area contributed by atoms with Gasteiger partial charge in [0, 0.05) is 13.0 Å². The van der Waals surface area contributed by atoms with Crippen molar-refractivity contribution in [1.82, 2.24) is 5.32 Å². The molecule has 0 saturated carbocycles. The minimum atomic E-state index is -0.262. The molecule has 0 heterocycles. The van der Waals surface area contributed by atoms with Crippen LogP contribution in [-0.2, 0) is 17.8 Å². The number of rotatable bonds is 5. The average molecular weight is 257 g/mol. The molecule has 0 aliphatic heterocycles. The number of hydrogen-bond acceptors (Lipinski definition) is 1. The summed E-state index contributed by atoms with van der Waals surface area (Å²) in [5.41, 5.74) is 1.91. The molecule has 0 atom stereocenters. The van der Waals surface area contributed by atoms with Crippen LogP contribution in [0.1, 0.15) is 17.5 Å². The van der Waals surface area contributed by atoms with Crippen molar-refractivity contribution in [3.8, 4) is 0 Å². The molecule has 98 valence electrons. The molecule has 2 rings (SSSR count). The second-order valence-corrected chi connectivity index (χ2v) is 4.39. The molecule has 0 aliphatic carbocycles. The number of hydrogen-bond donors (Lipinski definition) is 1. The summed E-state index contributed by atoms with van der Waals surface area (Å²) in [6, 6.07) is 16.1. The largest absolute Gasteiger partial charge is 0.352 e. The zero-order valence-corrected chi connectivity index (χ0v) is 10.6. The lowest BCUT2D eigenvalue weighted by Crippen LogP contribution is -2.22. The van der Waals surface area contributed by atoms with Crippen molar-refractivity contribution < 1.29 is 9.18 Å². The summed E-state index contributed by atoms with van der Waals surface area (Å²) in [6.07, 6.45) is 0.925. The standard InChI is InChI=1S/C16H16FNO/c17-15-8-4-7-13(11-15)9-10-16(19)18-12-14-5-2-1-3-6-14/h1-8,11H,9-10,12H2,(H,18,19). The van der Waals surface area contributed by atoms with Gasteiger partial charge in [-0.1, -0.05) is 42.5 Å². The van der Waals surface area contributed by atoms with Gasteiger partial charge in [0.25, 0.3) is 0 Å². The van der Waals surface area contributed by atoms with Crippen LogP contribution in [0.15, 0.2) is 54.6 Å². The van der Waals surface area contributed by atoms with E-state index in [2.05, 4.69) is 5.32 Å². The molecule has 0 saturated heterocycles. The molecule has 19 heavy (non-hydrogen) atoms. The maximum absolute atomic E-state index is 13.0. The maximum atomic E-state index is 13.0. The van der Waals surface area contributed by atoms with Gasteiger partial charge in [-0.2, -0.15) is 0 Å². The van der Waals surface area contributed by atoms with Crippen molar-refractivity contribution in [1.29, 1.82) is 0 Å². The van der Waals surface area contributed by atoms with E-state index in [0.717, 1.165) is 11.1 Å². The number of nitrogens with one attached hydrogen (secondary N) is 1. The summed E-state index contributed by atoms with van der Waals surface area (Å²) in [6.45, 7) is 0.531. The molecule has 2 nitrogen and oxygen atoms in total. The zero-order chi connectivity index (χ0) is 13.5. The van der Waals surface area contributed by atoms with Gasteiger partial charge in [0.1, 0.15) is 5.82 Å². The van der Waals surface area contributed by atoms with Gasteiger partial charge in [-0.3, -0.25) is 4.79 Å². The molecular formula is C16H16FNO. The van der Waals surface area contributed by atoms with Crippen LogP contribution < -0.4 is 5.32 Å². The molecule has 1 N–H and O–H groups in total. The first kappa shape index (κ1) is 13.3. The van der Waals surface area contributed by atoms with E-state index in [0.29, 0.717) is 19.4 Å². The number of benzene rings is 2. The predicted molar refractivity (Wildman–Crippen MR) is 73.0 cm³/mol. The number of carbonyl (C=O) groups excluding carboxylic acids is 1. The molecule has 0 aliphatic rings. The van der Waals surface area contributed by atoms with Gasteiger partial charge in [0.2, 0.25) is 5.91 Å². The molecule has 2 aromatic rings. The van der Waals surface area contributed by atoms with Gasteiger partial charge >= 0.3 is 0 Å². The molecule has 0 bridgehead atoms. The first-order valence-corrected chi connectivity index (χ1v) is 6.29. The lowest BCUT2D eigenvalue weighted by Gasteiger charge is -2.05. The van der Waals surface area contributed by atoms with E-state index < -0.39 is 0 Å². The Morgan fingerprint density at radius 3 is 2.47 bits per heavy atom. The van der Waals surface area contributed by atoms with Crippen LogP contribution in [0.5, 0.6) is 0 Å². The van der Waals surface area contributed by atoms with Gasteiger partial charge in [0.05, 0.1) is 0 Å². The summed E-state index contributed by atoms with van der Waals surface area (Å²) >= 11 is 0. The number of carbonyl (C=O) groups is 1. The van der Waals surface area contributed by atoms with Gasteiger partial charge in [0.15, 0.2) is 0 Å². The summed E-state index contributed by atoms with van der Waals surface area (Å²) < 4.78 is 13.0. The summed E-state index contributed by atoms with van der Waals surface area (Å²) in [5.74, 6) is -0.282. The predicted octanol–water partition coefficient (Wildman–Crippen LogP) is 3.07. The molecule has 0 radical (unpaired) electrons. The van der Waals surface area contributed by atoms with Crippen molar-refractivity contribution >= 4 is 5.91 Å². The Balaban J connectivity index is 1.76. The Bertz CT molecular complexity index is 539. The molecule has 2 aromatic carbocycles. The van der Waals surface area contributed by atoms with Crippen molar-refractivity contribution in [2.75, 3.05) is 0 Å². The zero-order valence-electron chi connectivity index (χ0n) is 10.6. The van der Waals surface area contributed by atoms with E-state index in [1.54, 1.807) is 6.07 Å². The van der Waals surface area contributed by atoms with Gasteiger partial charge in [-0.25, -0.2) is 4.39 Å². The van der Waals surface area contributed by atoms with Crippen LogP contribution in [0.2, 0.25) is 0 Å². The fraction of sp³-hybridized carbons (Fsp3) is 0.188. The smallest absolute Gasteiger partial charge is 0.220 e. The van der Waals surface area contributed by atoms with Crippen molar-refractivity contribution in [2.45, 2.75) is 19.4 Å². The van der Waals surface area contributed by atoms with Crippen LogP contribution >= 0.6 is 0 Å². The summed E-state index contributed by atoms with van der Waals surface area (Å²) in [4.78, 5) is 11.7. The van der Waals surface area contributed by atoms with E-state index in [-0.39, 0.29) is 11.7 Å². The Labute approximate surface area is 112 Å². The average Bonchev–Trinajstić information content (AvgIpc) is 2.44. The third-order valence-electron chi connectivity index (χ3n) is 2.86. The number of halogens is 1. The fourth-order valence-corrected chi connectivity index (χ4v) is 1.84. The lowest BCUT2D eigenvalue weighted by molar-refractivity contribution is -0.121. The van der Waals surface area contributed by atoms with Gasteiger partial charge < -0.3 is 5.32 Å². The van der Waals surface area contributed by atoms with E-state index in [1.165, 1.54) is 12.1 Å². The molecule has 3 heteroatoms. The highest BCUT2D eigenvalue weighted by atomic mass is 19.1. The highest BCUT2D eigenvalue weighted by Gasteiger charge is 2.03. The highest BCUT2D eigenvalue weighted by molar-refractivity contribution is 5.76. The Hall–Kier alpha value is -2.16. The fourth-order valence-electron chi connectivity index (χ4n) is 1.84. The minimum Gasteiger partial charge on any atom is -0.352 e. The van der Waals surface area contributed by atoms with Gasteiger partial charge in [-0.05, 0) is 29.7 Å². The van der Waals surface area contributed by atoms with Crippen molar-refractivity contribution in [3.63, 3.8) is 0 Å². The summed E-state index contributed by atoms with van der Waals surface area (Å²) in [5, 5.41) is 2.85. The topological polar surface area (TPSA) is 29.1 Å². The second-order valence-electron chi connectivity index (χ2n) is 4.39. The summed E-state index contributed by atoms with van der Waals surface area (Å²) in [7, 11) is 0. The normalized spacial score (nSPS) is 10.2. The van der Waals surface area contributed by atoms with Crippen LogP contribution in [0.4, 0.5) is 4.39 Å². The van der Waals surface area contributed by atoms with E-state index in [9.17, 15) is 9.18 Å². The first-order chi connectivity index (χ1) is 9.24. The van der Waals surface area contributed by atoms with Crippen LogP contribution in [0.3, 0.4) is 0 Å². The van der Waals surface area contributed by atoms with Crippen LogP contribution in [-0.4, -0.2) is 5.91 Å². The third kappa shape index (κ3) is 4.54. The number of amides is 1. The van der Waals surface area contributed by atoms with Crippen LogP contribution in [0, 0.1) is 5.82 Å². The molecule has 0 spiro atoms. The molecule has 0 fully saturated rings. The van der Waals surface area contributed by atoms with E-state index in [4.69, 9.17) is 0 Å². The monoisotopic (exact) mass is 257 g/mol. The lowest BCUT2D eigenvalue weighted by atomic mass is 10.1. The Kier molecular flexibility index (Phi) is 4.67. The molecule has 0 unspecified atom stereocenters. The quantitative estimate of drug-likeness (QED) is 0.876. The van der Waals surface area contributed by atoms with E-state index in [1.807, 2.05) is 36.4 Å². The van der Waals surface area contributed by atoms with Crippen LogP contribution in [0.25, 0.3) is 0 Å². The minimum absolute atomic E-state index is 0.0203. The third-order valence-corrected chi connectivity index (χ3v) is 2.86. The maximum Gasteiger partial charge on any atom is 0.220 e. The SMILES string of the molecule is O=C(CCc1cccc(F)c1)NCc1ccccc1. The van der Waals surface area contributed by atoms with Crippen molar-refractivity contribution in [2.24, 2.45) is 0 Å². The Morgan fingerprint density at radius 1 is 1.00 bits per heavy atom. The van der Waals surface area contributed by atoms with Gasteiger partial charge in [-0.15, -0.1) is 0 Å². The van der Waals surface area contributed by atoms with E-state index >= 15 is 0 Å².